The van der Waals surface area contributed by atoms with Crippen molar-refractivity contribution in [2.24, 2.45) is 5.92 Å². The third-order valence-electron chi connectivity index (χ3n) is 4.04. The molecule has 2 rings (SSSR count). The van der Waals surface area contributed by atoms with Crippen LogP contribution in [0, 0.1) is 11.7 Å². The summed E-state index contributed by atoms with van der Waals surface area (Å²) in [6.45, 7) is 5.50. The van der Waals surface area contributed by atoms with Crippen molar-refractivity contribution in [1.82, 2.24) is 10.2 Å². The average molecular weight is 358 g/mol. The molecule has 1 aliphatic heterocycles. The number of amides is 2. The van der Waals surface area contributed by atoms with Crippen LogP contribution in [-0.2, 0) is 9.59 Å². The first-order valence-corrected chi connectivity index (χ1v) is 8.04. The number of carbonyl (C=O) groups is 2. The van der Waals surface area contributed by atoms with Crippen LogP contribution in [0.3, 0.4) is 0 Å². The summed E-state index contributed by atoms with van der Waals surface area (Å²) in [5.41, 5.74) is 0.523. The molecule has 0 aromatic heterocycles. The molecule has 2 N–H and O–H groups in total. The zero-order valence-electron chi connectivity index (χ0n) is 14.0. The number of halogens is 2. The van der Waals surface area contributed by atoms with E-state index in [9.17, 15) is 14.0 Å². The van der Waals surface area contributed by atoms with Gasteiger partial charge >= 0.3 is 0 Å². The second-order valence-corrected chi connectivity index (χ2v) is 6.14. The Kier molecular flexibility index (Phi) is 8.15. The molecule has 1 fully saturated rings. The van der Waals surface area contributed by atoms with E-state index in [-0.39, 0.29) is 48.5 Å². The second kappa shape index (κ2) is 9.59. The van der Waals surface area contributed by atoms with E-state index in [1.54, 1.807) is 4.90 Å². The fourth-order valence-electron chi connectivity index (χ4n) is 2.71. The maximum Gasteiger partial charge on any atom is 0.244 e. The predicted octanol–water partition coefficient (Wildman–Crippen LogP) is 2.42. The van der Waals surface area contributed by atoms with Crippen LogP contribution in [-0.4, -0.2) is 42.4 Å². The van der Waals surface area contributed by atoms with Crippen LogP contribution in [0.5, 0.6) is 0 Å². The van der Waals surface area contributed by atoms with E-state index in [4.69, 9.17) is 0 Å². The number of anilines is 1. The fourth-order valence-corrected chi connectivity index (χ4v) is 2.71. The van der Waals surface area contributed by atoms with Gasteiger partial charge < -0.3 is 15.5 Å². The van der Waals surface area contributed by atoms with Crippen LogP contribution in [0.2, 0.25) is 0 Å². The molecule has 0 bridgehead atoms. The summed E-state index contributed by atoms with van der Waals surface area (Å²) in [5.74, 6) is -0.603. The Morgan fingerprint density at radius 3 is 2.38 bits per heavy atom. The van der Waals surface area contributed by atoms with Crippen LogP contribution in [0.4, 0.5) is 10.1 Å². The summed E-state index contributed by atoms with van der Waals surface area (Å²) < 4.78 is 12.9. The molecule has 1 heterocycles. The summed E-state index contributed by atoms with van der Waals surface area (Å²) in [5, 5.41) is 5.94. The molecule has 0 radical (unpaired) electrons. The van der Waals surface area contributed by atoms with Gasteiger partial charge in [0.1, 0.15) is 12.4 Å². The fraction of sp³-hybridized carbons (Fsp3) is 0.529. The highest BCUT2D eigenvalue weighted by Gasteiger charge is 2.28. The Bertz CT molecular complexity index is 545. The molecule has 134 valence electrons. The molecular weight excluding hydrogens is 333 g/mol. The van der Waals surface area contributed by atoms with Gasteiger partial charge in [0.2, 0.25) is 11.8 Å². The number of nitrogens with one attached hydrogen (secondary N) is 2. The van der Waals surface area contributed by atoms with Crippen molar-refractivity contribution in [2.45, 2.75) is 32.7 Å². The number of nitrogens with zero attached hydrogens (tertiary/aromatic N) is 1. The predicted molar refractivity (Wildman–Crippen MR) is 94.7 cm³/mol. The van der Waals surface area contributed by atoms with E-state index in [0.29, 0.717) is 5.69 Å². The van der Waals surface area contributed by atoms with E-state index in [2.05, 4.69) is 10.6 Å². The van der Waals surface area contributed by atoms with Gasteiger partial charge in [-0.15, -0.1) is 12.4 Å². The SMILES string of the molecule is CC(C)N(CC(=O)Nc1ccc(F)cc1)C(=O)C1CCNCC1.Cl. The van der Waals surface area contributed by atoms with Crippen LogP contribution < -0.4 is 10.6 Å². The number of carbonyl (C=O) groups excluding carboxylic acids is 2. The largest absolute Gasteiger partial charge is 0.331 e. The van der Waals surface area contributed by atoms with Crippen molar-refractivity contribution in [3.8, 4) is 0 Å². The first kappa shape index (κ1) is 20.4. The van der Waals surface area contributed by atoms with Crippen molar-refractivity contribution in [1.29, 1.82) is 0 Å². The summed E-state index contributed by atoms with van der Waals surface area (Å²) in [4.78, 5) is 26.4. The molecule has 1 aromatic rings. The van der Waals surface area contributed by atoms with Crippen LogP contribution in [0.25, 0.3) is 0 Å². The van der Waals surface area contributed by atoms with Crippen molar-refractivity contribution in [3.63, 3.8) is 0 Å². The lowest BCUT2D eigenvalue weighted by Crippen LogP contribution is -2.47. The maximum atomic E-state index is 12.9. The van der Waals surface area contributed by atoms with Gasteiger partial charge in [-0.3, -0.25) is 9.59 Å². The van der Waals surface area contributed by atoms with Gasteiger partial charge in [0, 0.05) is 17.6 Å². The van der Waals surface area contributed by atoms with E-state index in [0.717, 1.165) is 25.9 Å². The molecule has 7 heteroatoms. The quantitative estimate of drug-likeness (QED) is 0.850. The summed E-state index contributed by atoms with van der Waals surface area (Å²) >= 11 is 0. The van der Waals surface area contributed by atoms with Crippen molar-refractivity contribution >= 4 is 29.9 Å². The van der Waals surface area contributed by atoms with E-state index in [1.807, 2.05) is 13.8 Å². The minimum atomic E-state index is -0.354. The molecule has 5 nitrogen and oxygen atoms in total. The molecule has 24 heavy (non-hydrogen) atoms. The molecule has 2 amide bonds. The molecule has 1 aromatic carbocycles. The molecule has 0 spiro atoms. The summed E-state index contributed by atoms with van der Waals surface area (Å²) in [7, 11) is 0. The third-order valence-corrected chi connectivity index (χ3v) is 4.04. The van der Waals surface area contributed by atoms with Gasteiger partial charge in [-0.05, 0) is 64.0 Å². The number of hydrogen-bond donors (Lipinski definition) is 2. The lowest BCUT2D eigenvalue weighted by Gasteiger charge is -2.32. The highest BCUT2D eigenvalue weighted by molar-refractivity contribution is 5.94. The molecule has 0 atom stereocenters. The van der Waals surface area contributed by atoms with Crippen molar-refractivity contribution in [2.75, 3.05) is 25.0 Å². The first-order chi connectivity index (χ1) is 11.0. The number of benzene rings is 1. The maximum absolute atomic E-state index is 12.9. The normalized spacial score (nSPS) is 14.8. The van der Waals surface area contributed by atoms with E-state index < -0.39 is 0 Å². The number of piperidine rings is 1. The Hall–Kier alpha value is -1.66. The summed E-state index contributed by atoms with van der Waals surface area (Å²) in [6, 6.07) is 5.53. The summed E-state index contributed by atoms with van der Waals surface area (Å²) in [6.07, 6.45) is 1.61. The Labute approximate surface area is 148 Å². The molecule has 0 saturated carbocycles. The highest BCUT2D eigenvalue weighted by atomic mass is 35.5. The highest BCUT2D eigenvalue weighted by Crippen LogP contribution is 2.17. The number of hydrogen-bond acceptors (Lipinski definition) is 3. The van der Waals surface area contributed by atoms with Gasteiger partial charge in [0.05, 0.1) is 0 Å². The van der Waals surface area contributed by atoms with Gasteiger partial charge in [-0.2, -0.15) is 0 Å². The van der Waals surface area contributed by atoms with Gasteiger partial charge in [0.15, 0.2) is 0 Å². The minimum absolute atomic E-state index is 0. The lowest BCUT2D eigenvalue weighted by molar-refractivity contribution is -0.140. The average Bonchev–Trinajstić information content (AvgIpc) is 2.55. The van der Waals surface area contributed by atoms with Gasteiger partial charge in [-0.25, -0.2) is 4.39 Å². The molecule has 0 aliphatic carbocycles. The van der Waals surface area contributed by atoms with Crippen molar-refractivity contribution in [3.05, 3.63) is 30.1 Å². The number of rotatable bonds is 5. The first-order valence-electron chi connectivity index (χ1n) is 8.04. The standard InChI is InChI=1S/C17H24FN3O2.ClH/c1-12(2)21(17(23)13-7-9-19-10-8-13)11-16(22)20-15-5-3-14(18)4-6-15;/h3-6,12-13,19H,7-11H2,1-2H3,(H,20,22);1H. The molecular formula is C17H25ClFN3O2. The molecule has 1 saturated heterocycles. The topological polar surface area (TPSA) is 61.4 Å². The molecule has 1 aliphatic rings. The van der Waals surface area contributed by atoms with E-state index >= 15 is 0 Å². The van der Waals surface area contributed by atoms with Crippen LogP contribution in [0.1, 0.15) is 26.7 Å². The molecule has 0 unspecified atom stereocenters. The van der Waals surface area contributed by atoms with Crippen LogP contribution >= 0.6 is 12.4 Å². The third kappa shape index (κ3) is 5.76. The zero-order valence-corrected chi connectivity index (χ0v) is 14.9. The Balaban J connectivity index is 0.00000288. The smallest absolute Gasteiger partial charge is 0.244 e. The van der Waals surface area contributed by atoms with Gasteiger partial charge in [-0.1, -0.05) is 0 Å². The Morgan fingerprint density at radius 1 is 1.25 bits per heavy atom. The monoisotopic (exact) mass is 357 g/mol. The zero-order chi connectivity index (χ0) is 16.8. The van der Waals surface area contributed by atoms with Crippen LogP contribution in [0.15, 0.2) is 24.3 Å². The van der Waals surface area contributed by atoms with Gasteiger partial charge in [0.25, 0.3) is 0 Å². The van der Waals surface area contributed by atoms with Crippen molar-refractivity contribution < 1.29 is 14.0 Å². The lowest BCUT2D eigenvalue weighted by atomic mass is 9.96. The van der Waals surface area contributed by atoms with E-state index in [1.165, 1.54) is 24.3 Å². The second-order valence-electron chi connectivity index (χ2n) is 6.14. The Morgan fingerprint density at radius 2 is 1.83 bits per heavy atom. The minimum Gasteiger partial charge on any atom is -0.331 e.